The van der Waals surface area contributed by atoms with E-state index >= 15 is 0 Å². The van der Waals surface area contributed by atoms with Crippen LogP contribution >= 0.6 is 11.8 Å². The van der Waals surface area contributed by atoms with Crippen LogP contribution in [0.25, 0.3) is 0 Å². The molecule has 3 rings (SSSR count). The second-order valence-corrected chi connectivity index (χ2v) is 8.08. The van der Waals surface area contributed by atoms with Crippen molar-refractivity contribution in [1.29, 1.82) is 0 Å². The number of carbonyl (C=O) groups is 5. The summed E-state index contributed by atoms with van der Waals surface area (Å²) >= 11 is 1.21. The van der Waals surface area contributed by atoms with Gasteiger partial charge in [-0.1, -0.05) is 35.5 Å². The molecule has 2 aliphatic heterocycles. The van der Waals surface area contributed by atoms with E-state index in [1.165, 1.54) is 18.7 Å². The number of esters is 1. The Kier molecular flexibility index (Phi) is 7.89. The van der Waals surface area contributed by atoms with Gasteiger partial charge in [-0.2, -0.15) is 0 Å². The highest BCUT2D eigenvalue weighted by Gasteiger charge is 2.54. The number of carboxylic acids is 1. The highest BCUT2D eigenvalue weighted by molar-refractivity contribution is 8.00. The number of amides is 2. The minimum Gasteiger partial charge on any atom is -0.477 e. The Hall–Kier alpha value is -3.87. The molecule has 1 aromatic rings. The van der Waals surface area contributed by atoms with Gasteiger partial charge in [0.2, 0.25) is 0 Å². The largest absolute Gasteiger partial charge is 0.535 e. The monoisotopic (exact) mass is 491 g/mol. The zero-order valence-electron chi connectivity index (χ0n) is 18.2. The van der Waals surface area contributed by atoms with Crippen LogP contribution in [-0.4, -0.2) is 76.0 Å². The number of benzene rings is 1. The number of oxime groups is 1. The highest BCUT2D eigenvalue weighted by atomic mass is 32.2. The molecule has 12 nitrogen and oxygen atoms in total. The van der Waals surface area contributed by atoms with Crippen LogP contribution in [0, 0.1) is 0 Å². The van der Waals surface area contributed by atoms with Crippen LogP contribution in [0.3, 0.4) is 0 Å². The van der Waals surface area contributed by atoms with Gasteiger partial charge in [0, 0.05) is 23.8 Å². The fourth-order valence-electron chi connectivity index (χ4n) is 3.24. The van der Waals surface area contributed by atoms with Gasteiger partial charge in [0.05, 0.1) is 6.61 Å². The summed E-state index contributed by atoms with van der Waals surface area (Å²) in [5, 5.41) is 15.1. The summed E-state index contributed by atoms with van der Waals surface area (Å²) < 4.78 is 9.52. The smallest absolute Gasteiger partial charge is 0.477 e. The standard InChI is InChI=1S/C21H21N3O9S/c1-3-31-21(30)33-23-14(12-7-5-4-6-8-12)17(26)22-15-18(27)24-16(20(28)29)13(9-32-11(2)25)10-34-19(15)24/h4-8,15,19H,3,9-10H2,1-2H3,(H,22,26)(H,28,29)/t15-,19-/m1/s1. The molecule has 2 N–H and O–H groups in total. The number of β-lactam (4-membered cyclic amide) rings is 1. The lowest BCUT2D eigenvalue weighted by molar-refractivity contribution is -0.150. The first kappa shape index (κ1) is 24.8. The molecule has 0 saturated carbocycles. The predicted molar refractivity (Wildman–Crippen MR) is 117 cm³/mol. The van der Waals surface area contributed by atoms with Crippen molar-refractivity contribution in [2.75, 3.05) is 19.0 Å². The Morgan fingerprint density at radius 3 is 2.53 bits per heavy atom. The lowest BCUT2D eigenvalue weighted by Crippen LogP contribution is -2.71. The number of fused-ring (bicyclic) bond motifs is 1. The molecule has 1 fully saturated rings. The number of rotatable bonds is 8. The van der Waals surface area contributed by atoms with E-state index in [0.29, 0.717) is 5.56 Å². The van der Waals surface area contributed by atoms with E-state index in [1.54, 1.807) is 37.3 Å². The summed E-state index contributed by atoms with van der Waals surface area (Å²) in [6.07, 6.45) is -1.10. The molecule has 2 heterocycles. The highest BCUT2D eigenvalue weighted by Crippen LogP contribution is 2.40. The maximum absolute atomic E-state index is 13.0. The van der Waals surface area contributed by atoms with Crippen molar-refractivity contribution < 1.29 is 43.4 Å². The minimum absolute atomic E-state index is 0.0470. The molecule has 1 saturated heterocycles. The van der Waals surface area contributed by atoms with Gasteiger partial charge < -0.3 is 19.9 Å². The predicted octanol–water partition coefficient (Wildman–Crippen LogP) is 0.866. The second kappa shape index (κ2) is 10.8. The minimum atomic E-state index is -1.35. The van der Waals surface area contributed by atoms with Gasteiger partial charge in [0.1, 0.15) is 23.7 Å². The summed E-state index contributed by atoms with van der Waals surface area (Å²) in [6.45, 7) is 2.56. The zero-order valence-corrected chi connectivity index (χ0v) is 19.0. The first-order valence-electron chi connectivity index (χ1n) is 10.1. The third kappa shape index (κ3) is 5.36. The van der Waals surface area contributed by atoms with Crippen LogP contribution in [0.1, 0.15) is 19.4 Å². The lowest BCUT2D eigenvalue weighted by atomic mass is 10.0. The van der Waals surface area contributed by atoms with Gasteiger partial charge in [-0.05, 0) is 6.92 Å². The van der Waals surface area contributed by atoms with Crippen LogP contribution in [-0.2, 0) is 33.5 Å². The molecule has 13 heteroatoms. The van der Waals surface area contributed by atoms with Crippen LogP contribution in [0.15, 0.2) is 46.8 Å². The van der Waals surface area contributed by atoms with Crippen molar-refractivity contribution in [3.63, 3.8) is 0 Å². The molecule has 0 spiro atoms. The third-order valence-electron chi connectivity index (χ3n) is 4.72. The summed E-state index contributed by atoms with van der Waals surface area (Å²) in [7, 11) is 0. The van der Waals surface area contributed by atoms with Gasteiger partial charge in [-0.25, -0.2) is 9.59 Å². The number of thioether (sulfide) groups is 1. The number of carbonyl (C=O) groups excluding carboxylic acids is 4. The van der Waals surface area contributed by atoms with Gasteiger partial charge >= 0.3 is 18.1 Å². The SMILES string of the molecule is CCOC(=O)ON=C(C(=O)N[C@@H]1C(=O)N2C(C(=O)O)=C(COC(C)=O)CS[C@H]12)c1ccccc1. The number of nitrogens with zero attached hydrogens (tertiary/aromatic N) is 2. The van der Waals surface area contributed by atoms with E-state index in [2.05, 4.69) is 20.0 Å². The number of hydrogen-bond acceptors (Lipinski definition) is 10. The maximum atomic E-state index is 13.0. The Labute approximate surface area is 197 Å². The average molecular weight is 491 g/mol. The van der Waals surface area contributed by atoms with Crippen molar-refractivity contribution >= 4 is 47.4 Å². The number of hydrogen-bond donors (Lipinski definition) is 2. The molecule has 0 bridgehead atoms. The molecule has 2 amide bonds. The van der Waals surface area contributed by atoms with Gasteiger partial charge in [-0.15, -0.1) is 11.8 Å². The topological polar surface area (TPSA) is 161 Å². The molecule has 0 radical (unpaired) electrons. The van der Waals surface area contributed by atoms with Crippen molar-refractivity contribution in [3.8, 4) is 0 Å². The fraction of sp³-hybridized carbons (Fsp3) is 0.333. The average Bonchev–Trinajstić information content (AvgIpc) is 2.81. The Morgan fingerprint density at radius 2 is 1.91 bits per heavy atom. The first-order chi connectivity index (χ1) is 16.2. The van der Waals surface area contributed by atoms with Crippen LogP contribution < -0.4 is 5.32 Å². The van der Waals surface area contributed by atoms with Crippen molar-refractivity contribution in [2.45, 2.75) is 25.3 Å². The van der Waals surface area contributed by atoms with Gasteiger partial charge in [0.25, 0.3) is 11.8 Å². The second-order valence-electron chi connectivity index (χ2n) is 6.98. The molecule has 1 aromatic carbocycles. The molecule has 2 atom stereocenters. The molecule has 0 aromatic heterocycles. The summed E-state index contributed by atoms with van der Waals surface area (Å²) in [5.41, 5.74) is 0.0452. The van der Waals surface area contributed by atoms with Gasteiger partial charge in [-0.3, -0.25) is 24.1 Å². The fourth-order valence-corrected chi connectivity index (χ4v) is 4.57. The van der Waals surface area contributed by atoms with Crippen molar-refractivity contribution in [1.82, 2.24) is 10.2 Å². The van der Waals surface area contributed by atoms with E-state index < -0.39 is 41.3 Å². The van der Waals surface area contributed by atoms with E-state index in [-0.39, 0.29) is 35.9 Å². The van der Waals surface area contributed by atoms with Crippen LogP contribution in [0.2, 0.25) is 0 Å². The third-order valence-corrected chi connectivity index (χ3v) is 6.06. The normalized spacial score (nSPS) is 19.5. The van der Waals surface area contributed by atoms with E-state index in [0.717, 1.165) is 4.90 Å². The molecule has 180 valence electrons. The number of aliphatic carboxylic acids is 1. The number of carboxylic acid groups (broad SMARTS) is 1. The molecular weight excluding hydrogens is 470 g/mol. The lowest BCUT2D eigenvalue weighted by Gasteiger charge is -2.49. The molecular formula is C21H21N3O9S. The van der Waals surface area contributed by atoms with Crippen LogP contribution in [0.5, 0.6) is 0 Å². The molecule has 0 unspecified atom stereocenters. The zero-order chi connectivity index (χ0) is 24.8. The van der Waals surface area contributed by atoms with Crippen LogP contribution in [0.4, 0.5) is 4.79 Å². The summed E-state index contributed by atoms with van der Waals surface area (Å²) in [4.78, 5) is 65.8. The Bertz CT molecular complexity index is 1070. The summed E-state index contributed by atoms with van der Waals surface area (Å²) in [5.74, 6) is -3.20. The first-order valence-corrected chi connectivity index (χ1v) is 11.1. The van der Waals surface area contributed by atoms with Gasteiger partial charge in [0.15, 0.2) is 5.71 Å². The molecule has 34 heavy (non-hydrogen) atoms. The number of nitrogens with one attached hydrogen (secondary N) is 1. The van der Waals surface area contributed by atoms with Crippen molar-refractivity contribution in [3.05, 3.63) is 47.2 Å². The molecule has 2 aliphatic rings. The Morgan fingerprint density at radius 1 is 1.21 bits per heavy atom. The number of ether oxygens (including phenoxy) is 2. The molecule has 0 aliphatic carbocycles. The van der Waals surface area contributed by atoms with Crippen molar-refractivity contribution in [2.24, 2.45) is 5.16 Å². The van der Waals surface area contributed by atoms with E-state index in [1.807, 2.05) is 0 Å². The van der Waals surface area contributed by atoms with E-state index in [9.17, 15) is 29.1 Å². The summed E-state index contributed by atoms with van der Waals surface area (Å²) in [6, 6.07) is 7.07. The Balaban J connectivity index is 1.78. The maximum Gasteiger partial charge on any atom is 0.535 e. The van der Waals surface area contributed by atoms with E-state index in [4.69, 9.17) is 4.74 Å². The quantitative estimate of drug-likeness (QED) is 0.175.